The topological polar surface area (TPSA) is 87.3 Å². The molecule has 2 aromatic carbocycles. The molecule has 3 aromatic rings. The monoisotopic (exact) mass is 472 g/mol. The maximum Gasteiger partial charge on any atom is 0.416 e. The zero-order valence-electron chi connectivity index (χ0n) is 18.6. The first kappa shape index (κ1) is 22.4. The zero-order chi connectivity index (χ0) is 24.2. The number of carbonyl (C=O) groups is 1. The highest BCUT2D eigenvalue weighted by Gasteiger charge is 2.41. The molecule has 1 aromatic heterocycles. The van der Waals surface area contributed by atoms with Gasteiger partial charge >= 0.3 is 6.18 Å². The van der Waals surface area contributed by atoms with E-state index in [-0.39, 0.29) is 40.3 Å². The molecule has 2 aliphatic heterocycles. The number of amides is 1. The number of fused-ring (bicyclic) bond motifs is 3. The molecule has 3 atom stereocenters. The maximum atomic E-state index is 13.8. The molecule has 178 valence electrons. The van der Waals surface area contributed by atoms with Gasteiger partial charge in [-0.05, 0) is 62.2 Å². The number of hydrogen-bond acceptors (Lipinski definition) is 5. The molecular formula is C24H23F3N4O3. The number of aromatic nitrogens is 2. The largest absolute Gasteiger partial charge is 0.416 e. The molecule has 5 rings (SSSR count). The van der Waals surface area contributed by atoms with Crippen molar-refractivity contribution in [2.75, 3.05) is 18.5 Å². The number of aryl methyl sites for hydroxylation is 1. The van der Waals surface area contributed by atoms with Gasteiger partial charge in [-0.2, -0.15) is 13.2 Å². The van der Waals surface area contributed by atoms with Crippen LogP contribution < -0.4 is 10.9 Å². The molecule has 2 saturated heterocycles. The van der Waals surface area contributed by atoms with E-state index in [4.69, 9.17) is 4.74 Å². The number of morpholine rings is 1. The molecule has 3 heterocycles. The van der Waals surface area contributed by atoms with Gasteiger partial charge in [-0.1, -0.05) is 0 Å². The molecule has 2 N–H and O–H groups in total. The van der Waals surface area contributed by atoms with Crippen molar-refractivity contribution in [3.05, 3.63) is 69.3 Å². The molecule has 0 spiro atoms. The Morgan fingerprint density at radius 3 is 2.62 bits per heavy atom. The smallest absolute Gasteiger partial charge is 0.379 e. The lowest BCUT2D eigenvalue weighted by Gasteiger charge is -2.27. The number of rotatable bonds is 4. The van der Waals surface area contributed by atoms with Crippen molar-refractivity contribution in [2.45, 2.75) is 44.6 Å². The van der Waals surface area contributed by atoms with Crippen LogP contribution in [0.4, 0.5) is 18.9 Å². The number of carbonyl (C=O) groups excluding carboxylic acids is 1. The minimum Gasteiger partial charge on any atom is -0.379 e. The third kappa shape index (κ3) is 4.02. The molecular weight excluding hydrogens is 449 g/mol. The molecule has 2 bridgehead atoms. The molecule has 10 heteroatoms. The molecule has 0 saturated carbocycles. The Kier molecular flexibility index (Phi) is 5.35. The van der Waals surface area contributed by atoms with Crippen molar-refractivity contribution in [1.29, 1.82) is 0 Å². The van der Waals surface area contributed by atoms with Crippen molar-refractivity contribution in [2.24, 2.45) is 0 Å². The van der Waals surface area contributed by atoms with Gasteiger partial charge in [-0.3, -0.25) is 9.59 Å². The average molecular weight is 472 g/mol. The van der Waals surface area contributed by atoms with Crippen LogP contribution in [0.25, 0.3) is 10.9 Å². The highest BCUT2D eigenvalue weighted by Crippen LogP contribution is 2.37. The number of halogens is 3. The third-order valence-corrected chi connectivity index (χ3v) is 6.44. The van der Waals surface area contributed by atoms with Crippen molar-refractivity contribution < 1.29 is 22.7 Å². The zero-order valence-corrected chi connectivity index (χ0v) is 18.6. The van der Waals surface area contributed by atoms with E-state index in [1.165, 1.54) is 13.0 Å². The van der Waals surface area contributed by atoms with Crippen LogP contribution >= 0.6 is 0 Å². The summed E-state index contributed by atoms with van der Waals surface area (Å²) in [5.74, 6) is 0.166. The van der Waals surface area contributed by atoms with Crippen molar-refractivity contribution in [1.82, 2.24) is 14.9 Å². The second-order valence-corrected chi connectivity index (χ2v) is 8.85. The molecule has 7 nitrogen and oxygen atoms in total. The number of ether oxygens (including phenoxy) is 1. The van der Waals surface area contributed by atoms with Crippen LogP contribution in [0.2, 0.25) is 0 Å². The minimum atomic E-state index is -4.62. The van der Waals surface area contributed by atoms with E-state index < -0.39 is 23.3 Å². The number of aromatic amines is 1. The van der Waals surface area contributed by atoms with E-state index in [9.17, 15) is 22.8 Å². The molecule has 1 amide bonds. The van der Waals surface area contributed by atoms with Crippen molar-refractivity contribution in [3.63, 3.8) is 0 Å². The quantitative estimate of drug-likeness (QED) is 0.599. The van der Waals surface area contributed by atoms with Crippen molar-refractivity contribution >= 4 is 22.5 Å². The van der Waals surface area contributed by atoms with Gasteiger partial charge in [-0.25, -0.2) is 4.98 Å². The second-order valence-electron chi connectivity index (χ2n) is 8.85. The summed E-state index contributed by atoms with van der Waals surface area (Å²) < 4.78 is 47.0. The molecule has 0 aliphatic carbocycles. The van der Waals surface area contributed by atoms with E-state index in [0.717, 1.165) is 12.5 Å². The molecule has 0 radical (unpaired) electrons. The second kappa shape index (κ2) is 8.12. The van der Waals surface area contributed by atoms with E-state index in [2.05, 4.69) is 15.3 Å². The van der Waals surface area contributed by atoms with Crippen LogP contribution in [0.1, 0.15) is 46.7 Å². The Morgan fingerprint density at radius 1 is 1.26 bits per heavy atom. The fourth-order valence-electron chi connectivity index (χ4n) is 4.77. The summed E-state index contributed by atoms with van der Waals surface area (Å²) >= 11 is 0. The first-order valence-electron chi connectivity index (χ1n) is 11.0. The fraction of sp³-hybridized carbons (Fsp3) is 0.375. The SMILES string of the molecule is Cc1nc2cc(C(F)(F)F)c([C@H](C)Nc3ccc(C(=O)N4C[C@@H]5C[C@H]4CO5)cc3)cc2c(=O)[nH]1. The summed E-state index contributed by atoms with van der Waals surface area (Å²) in [7, 11) is 0. The van der Waals surface area contributed by atoms with Crippen LogP contribution in [0.5, 0.6) is 0 Å². The third-order valence-electron chi connectivity index (χ3n) is 6.44. The first-order chi connectivity index (χ1) is 16.1. The van der Waals surface area contributed by atoms with Gasteiger partial charge in [0.2, 0.25) is 0 Å². The normalized spacial score (nSPS) is 20.7. The molecule has 2 fully saturated rings. The predicted octanol–water partition coefficient (Wildman–Crippen LogP) is 4.04. The van der Waals surface area contributed by atoms with Gasteiger partial charge in [0, 0.05) is 23.8 Å². The maximum absolute atomic E-state index is 13.8. The van der Waals surface area contributed by atoms with E-state index >= 15 is 0 Å². The first-order valence-corrected chi connectivity index (χ1v) is 11.0. The van der Waals surface area contributed by atoms with Gasteiger partial charge in [0.15, 0.2) is 0 Å². The lowest BCUT2D eigenvalue weighted by Crippen LogP contribution is -2.41. The van der Waals surface area contributed by atoms with Crippen LogP contribution in [0.3, 0.4) is 0 Å². The Balaban J connectivity index is 1.40. The lowest BCUT2D eigenvalue weighted by atomic mass is 9.98. The van der Waals surface area contributed by atoms with Gasteiger partial charge in [0.1, 0.15) is 5.82 Å². The fourth-order valence-corrected chi connectivity index (χ4v) is 4.77. The van der Waals surface area contributed by atoms with Crippen molar-refractivity contribution in [3.8, 4) is 0 Å². The number of benzene rings is 2. The highest BCUT2D eigenvalue weighted by molar-refractivity contribution is 5.95. The summed E-state index contributed by atoms with van der Waals surface area (Å²) in [5, 5.41) is 3.14. The number of anilines is 1. The van der Waals surface area contributed by atoms with Gasteiger partial charge in [0.05, 0.1) is 35.2 Å². The number of H-pyrrole nitrogens is 1. The van der Waals surface area contributed by atoms with Gasteiger partial charge in [-0.15, -0.1) is 0 Å². The van der Waals surface area contributed by atoms with Crippen LogP contribution in [0.15, 0.2) is 41.2 Å². The Morgan fingerprint density at radius 2 is 2.00 bits per heavy atom. The summed E-state index contributed by atoms with van der Waals surface area (Å²) in [6, 6.07) is 8.14. The van der Waals surface area contributed by atoms with Crippen LogP contribution in [-0.4, -0.2) is 46.1 Å². The Bertz CT molecular complexity index is 1320. The number of nitrogens with one attached hydrogen (secondary N) is 2. The summed E-state index contributed by atoms with van der Waals surface area (Å²) in [5.41, 5.74) is -0.345. The van der Waals surface area contributed by atoms with Crippen LogP contribution in [-0.2, 0) is 10.9 Å². The molecule has 34 heavy (non-hydrogen) atoms. The lowest BCUT2D eigenvalue weighted by molar-refractivity contribution is -0.138. The van der Waals surface area contributed by atoms with Gasteiger partial charge < -0.3 is 19.9 Å². The van der Waals surface area contributed by atoms with E-state index in [0.29, 0.717) is 24.4 Å². The summed E-state index contributed by atoms with van der Waals surface area (Å²) in [4.78, 5) is 33.5. The minimum absolute atomic E-state index is 0.00611. The Labute approximate surface area is 192 Å². The van der Waals surface area contributed by atoms with Gasteiger partial charge in [0.25, 0.3) is 11.5 Å². The molecule has 2 aliphatic rings. The van der Waals surface area contributed by atoms with E-state index in [1.807, 2.05) is 4.90 Å². The molecule has 0 unspecified atom stereocenters. The highest BCUT2D eigenvalue weighted by atomic mass is 19.4. The number of nitrogens with zero attached hydrogens (tertiary/aromatic N) is 2. The number of hydrogen-bond donors (Lipinski definition) is 2. The average Bonchev–Trinajstić information content (AvgIpc) is 3.41. The standard InChI is InChI=1S/C24H23F3N4O3/c1-12(18-8-19-21(9-20(18)24(25,26)27)29-13(2)30-22(19)32)28-15-5-3-14(4-6-15)23(33)31-10-17-7-16(31)11-34-17/h3-6,8-9,12,16-17,28H,7,10-11H2,1-2H3,(H,29,30,32)/t12-,16-,17-/m0/s1. The summed E-state index contributed by atoms with van der Waals surface area (Å²) in [6.45, 7) is 4.24. The van der Waals surface area contributed by atoms with Crippen LogP contribution in [0, 0.1) is 6.92 Å². The Hall–Kier alpha value is -3.40. The number of alkyl halides is 3. The van der Waals surface area contributed by atoms with E-state index in [1.54, 1.807) is 31.2 Å². The predicted molar refractivity (Wildman–Crippen MR) is 120 cm³/mol. The summed E-state index contributed by atoms with van der Waals surface area (Å²) in [6.07, 6.45) is -3.66. The number of likely N-dealkylation sites (tertiary alicyclic amines) is 1.